The molecular weight excluding hydrogens is 372 g/mol. The summed E-state index contributed by atoms with van der Waals surface area (Å²) in [5, 5.41) is 3.94. The zero-order valence-electron chi connectivity index (χ0n) is 16.2. The highest BCUT2D eigenvalue weighted by Crippen LogP contribution is 2.35. The lowest BCUT2D eigenvalue weighted by atomic mass is 10.1. The number of benzene rings is 1. The van der Waals surface area contributed by atoms with Gasteiger partial charge < -0.3 is 15.0 Å². The van der Waals surface area contributed by atoms with E-state index in [0.29, 0.717) is 12.1 Å². The zero-order chi connectivity index (χ0) is 19.5. The third-order valence-corrected chi connectivity index (χ3v) is 6.13. The van der Waals surface area contributed by atoms with Crippen molar-refractivity contribution in [2.24, 2.45) is 0 Å². The largest absolute Gasteiger partial charge is 0.497 e. The Labute approximate surface area is 168 Å². The standard InChI is InChI=1S/C21H24N4O2S/c1-14-17(20(26)22-12-15-7-6-8-16(11-15)27-2)18-19(23-13-24-21(18)28-14)25-9-4-3-5-10-25/h6-8,11,13H,3-5,9-10,12H2,1-2H3,(H,22,26). The Morgan fingerprint density at radius 3 is 2.86 bits per heavy atom. The molecule has 0 spiro atoms. The molecule has 1 saturated heterocycles. The Balaban J connectivity index is 1.63. The summed E-state index contributed by atoms with van der Waals surface area (Å²) in [4.78, 5) is 26.2. The first-order valence-electron chi connectivity index (χ1n) is 9.57. The maximum atomic E-state index is 13.1. The highest BCUT2D eigenvalue weighted by Gasteiger charge is 2.24. The molecule has 4 rings (SSSR count). The maximum absolute atomic E-state index is 13.1. The molecule has 0 aliphatic carbocycles. The average molecular weight is 397 g/mol. The van der Waals surface area contributed by atoms with E-state index < -0.39 is 0 Å². The van der Waals surface area contributed by atoms with Crippen molar-refractivity contribution in [3.63, 3.8) is 0 Å². The van der Waals surface area contributed by atoms with Crippen molar-refractivity contribution in [2.45, 2.75) is 32.7 Å². The van der Waals surface area contributed by atoms with Crippen LogP contribution >= 0.6 is 11.3 Å². The second-order valence-corrected chi connectivity index (χ2v) is 8.20. The van der Waals surface area contributed by atoms with Crippen molar-refractivity contribution in [1.82, 2.24) is 15.3 Å². The van der Waals surface area contributed by atoms with Crippen LogP contribution in [0.1, 0.15) is 40.1 Å². The van der Waals surface area contributed by atoms with Gasteiger partial charge in [0.1, 0.15) is 22.7 Å². The van der Waals surface area contributed by atoms with E-state index in [2.05, 4.69) is 20.2 Å². The number of aryl methyl sites for hydroxylation is 1. The van der Waals surface area contributed by atoms with Crippen molar-refractivity contribution >= 4 is 33.3 Å². The highest BCUT2D eigenvalue weighted by molar-refractivity contribution is 7.19. The molecular formula is C21H24N4O2S. The molecule has 0 saturated carbocycles. The number of thiophene rings is 1. The predicted octanol–water partition coefficient (Wildman–Crippen LogP) is 3.93. The van der Waals surface area contributed by atoms with Crippen molar-refractivity contribution in [3.8, 4) is 5.75 Å². The van der Waals surface area contributed by atoms with Crippen LogP contribution in [0.15, 0.2) is 30.6 Å². The van der Waals surface area contributed by atoms with Gasteiger partial charge in [0, 0.05) is 24.5 Å². The molecule has 0 radical (unpaired) electrons. The summed E-state index contributed by atoms with van der Waals surface area (Å²) in [5.74, 6) is 1.59. The van der Waals surface area contributed by atoms with E-state index in [1.54, 1.807) is 24.8 Å². The minimum Gasteiger partial charge on any atom is -0.497 e. The van der Waals surface area contributed by atoms with Crippen molar-refractivity contribution in [3.05, 3.63) is 46.6 Å². The normalized spacial score (nSPS) is 14.3. The van der Waals surface area contributed by atoms with Crippen LogP contribution in [0.5, 0.6) is 5.75 Å². The van der Waals surface area contributed by atoms with Gasteiger partial charge in [0.15, 0.2) is 0 Å². The molecule has 1 aliphatic rings. The first-order valence-corrected chi connectivity index (χ1v) is 10.4. The third kappa shape index (κ3) is 3.67. The summed E-state index contributed by atoms with van der Waals surface area (Å²) < 4.78 is 5.26. The van der Waals surface area contributed by atoms with Crippen LogP contribution in [0.25, 0.3) is 10.2 Å². The van der Waals surface area contributed by atoms with Gasteiger partial charge >= 0.3 is 0 Å². The van der Waals surface area contributed by atoms with Crippen molar-refractivity contribution in [2.75, 3.05) is 25.1 Å². The first-order chi connectivity index (χ1) is 13.7. The number of anilines is 1. The molecule has 3 aromatic rings. The van der Waals surface area contributed by atoms with Gasteiger partial charge in [0.25, 0.3) is 5.91 Å². The smallest absolute Gasteiger partial charge is 0.253 e. The highest BCUT2D eigenvalue weighted by atomic mass is 32.1. The van der Waals surface area contributed by atoms with E-state index in [4.69, 9.17) is 4.74 Å². The molecule has 0 bridgehead atoms. The summed E-state index contributed by atoms with van der Waals surface area (Å²) in [6.45, 7) is 4.38. The first kappa shape index (κ1) is 18.7. The average Bonchev–Trinajstić information content (AvgIpc) is 3.08. The number of nitrogens with zero attached hydrogens (tertiary/aromatic N) is 3. The third-order valence-electron chi connectivity index (χ3n) is 5.11. The van der Waals surface area contributed by atoms with E-state index in [9.17, 15) is 4.79 Å². The van der Waals surface area contributed by atoms with E-state index in [1.807, 2.05) is 31.2 Å². The summed E-state index contributed by atoms with van der Waals surface area (Å²) in [7, 11) is 1.64. The minimum atomic E-state index is -0.0837. The number of nitrogens with one attached hydrogen (secondary N) is 1. The number of hydrogen-bond acceptors (Lipinski definition) is 6. The number of hydrogen-bond donors (Lipinski definition) is 1. The van der Waals surface area contributed by atoms with Gasteiger partial charge in [0.05, 0.1) is 18.1 Å². The van der Waals surface area contributed by atoms with Crippen LogP contribution in [-0.4, -0.2) is 36.1 Å². The summed E-state index contributed by atoms with van der Waals surface area (Å²) in [6.07, 6.45) is 5.18. The Morgan fingerprint density at radius 2 is 2.07 bits per heavy atom. The molecule has 2 aromatic heterocycles. The van der Waals surface area contributed by atoms with Crippen LogP contribution in [0.2, 0.25) is 0 Å². The van der Waals surface area contributed by atoms with Gasteiger partial charge in [-0.3, -0.25) is 4.79 Å². The zero-order valence-corrected chi connectivity index (χ0v) is 17.0. The number of fused-ring (bicyclic) bond motifs is 1. The van der Waals surface area contributed by atoms with Crippen LogP contribution in [0.3, 0.4) is 0 Å². The Bertz CT molecular complexity index is 995. The number of amides is 1. The summed E-state index contributed by atoms with van der Waals surface area (Å²) in [5.41, 5.74) is 1.70. The van der Waals surface area contributed by atoms with Crippen LogP contribution in [-0.2, 0) is 6.54 Å². The molecule has 1 amide bonds. The van der Waals surface area contributed by atoms with E-state index in [-0.39, 0.29) is 5.91 Å². The number of rotatable bonds is 5. The molecule has 0 unspecified atom stereocenters. The second-order valence-electron chi connectivity index (χ2n) is 6.99. The lowest BCUT2D eigenvalue weighted by Gasteiger charge is -2.28. The number of piperidine rings is 1. The SMILES string of the molecule is COc1cccc(CNC(=O)c2c(C)sc3ncnc(N4CCCCC4)c23)c1. The van der Waals surface area contributed by atoms with Crippen LogP contribution in [0.4, 0.5) is 5.82 Å². The molecule has 1 aliphatic heterocycles. The van der Waals surface area contributed by atoms with E-state index in [0.717, 1.165) is 58.2 Å². The Kier molecular flexibility index (Phi) is 5.43. The maximum Gasteiger partial charge on any atom is 0.253 e. The molecule has 1 N–H and O–H groups in total. The quantitative estimate of drug-likeness (QED) is 0.708. The van der Waals surface area contributed by atoms with E-state index >= 15 is 0 Å². The predicted molar refractivity (Wildman–Crippen MR) is 112 cm³/mol. The molecule has 1 fully saturated rings. The van der Waals surface area contributed by atoms with Gasteiger partial charge in [0.2, 0.25) is 0 Å². The number of ether oxygens (including phenoxy) is 1. The number of carbonyl (C=O) groups excluding carboxylic acids is 1. The van der Waals surface area contributed by atoms with Crippen LogP contribution in [0, 0.1) is 6.92 Å². The van der Waals surface area contributed by atoms with Crippen molar-refractivity contribution < 1.29 is 9.53 Å². The topological polar surface area (TPSA) is 67.3 Å². The molecule has 28 heavy (non-hydrogen) atoms. The van der Waals surface area contributed by atoms with Gasteiger partial charge in [-0.1, -0.05) is 12.1 Å². The van der Waals surface area contributed by atoms with Crippen molar-refractivity contribution in [1.29, 1.82) is 0 Å². The molecule has 6 nitrogen and oxygen atoms in total. The van der Waals surface area contributed by atoms with E-state index in [1.165, 1.54) is 6.42 Å². The fourth-order valence-corrected chi connectivity index (χ4v) is 4.68. The summed E-state index contributed by atoms with van der Waals surface area (Å²) in [6, 6.07) is 7.72. The fourth-order valence-electron chi connectivity index (χ4n) is 3.70. The van der Waals surface area contributed by atoms with Gasteiger partial charge in [-0.05, 0) is 43.9 Å². The van der Waals surface area contributed by atoms with Gasteiger partial charge in [-0.25, -0.2) is 9.97 Å². The molecule has 0 atom stereocenters. The summed E-state index contributed by atoms with van der Waals surface area (Å²) >= 11 is 1.55. The minimum absolute atomic E-state index is 0.0837. The monoisotopic (exact) mass is 396 g/mol. The number of aromatic nitrogens is 2. The van der Waals surface area contributed by atoms with Crippen LogP contribution < -0.4 is 15.0 Å². The Morgan fingerprint density at radius 1 is 1.25 bits per heavy atom. The molecule has 1 aromatic carbocycles. The Hall–Kier alpha value is -2.67. The number of carbonyl (C=O) groups is 1. The second kappa shape index (κ2) is 8.14. The molecule has 3 heterocycles. The molecule has 7 heteroatoms. The molecule has 146 valence electrons. The van der Waals surface area contributed by atoms with Gasteiger partial charge in [-0.2, -0.15) is 0 Å². The number of methoxy groups -OCH3 is 1. The fraction of sp³-hybridized carbons (Fsp3) is 0.381. The van der Waals surface area contributed by atoms with Gasteiger partial charge in [-0.15, -0.1) is 11.3 Å². The lowest BCUT2D eigenvalue weighted by molar-refractivity contribution is 0.0952. The lowest BCUT2D eigenvalue weighted by Crippen LogP contribution is -2.31.